The maximum Gasteiger partial charge on any atom is 0.263 e. The quantitative estimate of drug-likeness (QED) is 0.664. The van der Waals surface area contributed by atoms with Crippen LogP contribution in [0, 0.1) is 11.3 Å². The number of carbonyl (C=O) groups excluding carboxylic acids is 1. The number of rotatable bonds is 9. The number of aryl methyl sites for hydroxylation is 1. The molecule has 0 aliphatic rings. The fourth-order valence-electron chi connectivity index (χ4n) is 2.84. The molecule has 2 aromatic rings. The van der Waals surface area contributed by atoms with Gasteiger partial charge in [0.2, 0.25) is 0 Å². The first-order valence-electron chi connectivity index (χ1n) is 9.11. The van der Waals surface area contributed by atoms with E-state index in [0.29, 0.717) is 29.4 Å². The molecule has 2 aromatic carbocycles. The molecule has 0 aromatic heterocycles. The minimum atomic E-state index is -0.598. The number of hydrogen-bond donors (Lipinski definition) is 0. The highest BCUT2D eigenvalue weighted by atomic mass is 16.5. The van der Waals surface area contributed by atoms with Crippen molar-refractivity contribution in [2.24, 2.45) is 0 Å². The third kappa shape index (κ3) is 5.65. The van der Waals surface area contributed by atoms with E-state index in [1.165, 1.54) is 0 Å². The van der Waals surface area contributed by atoms with Gasteiger partial charge in [0.15, 0.2) is 17.6 Å². The molecule has 0 radical (unpaired) electrons. The number of ether oxygens (including phenoxy) is 3. The van der Waals surface area contributed by atoms with Crippen LogP contribution in [0.25, 0.3) is 0 Å². The largest absolute Gasteiger partial charge is 0.493 e. The Morgan fingerprint density at radius 3 is 2.39 bits per heavy atom. The van der Waals surface area contributed by atoms with Crippen LogP contribution in [-0.2, 0) is 11.2 Å². The summed E-state index contributed by atoms with van der Waals surface area (Å²) in [4.78, 5) is 14.2. The molecule has 1 unspecified atom stereocenters. The monoisotopic (exact) mass is 382 g/mol. The maximum absolute atomic E-state index is 12.5. The van der Waals surface area contributed by atoms with Crippen LogP contribution in [0.3, 0.4) is 0 Å². The van der Waals surface area contributed by atoms with Gasteiger partial charge < -0.3 is 19.1 Å². The lowest BCUT2D eigenvalue weighted by Crippen LogP contribution is -2.38. The van der Waals surface area contributed by atoms with Gasteiger partial charge in [-0.2, -0.15) is 5.26 Å². The third-order valence-corrected chi connectivity index (χ3v) is 4.43. The van der Waals surface area contributed by atoms with E-state index in [4.69, 9.17) is 19.5 Å². The van der Waals surface area contributed by atoms with E-state index < -0.39 is 6.10 Å². The number of nitriles is 1. The van der Waals surface area contributed by atoms with Gasteiger partial charge in [-0.3, -0.25) is 4.79 Å². The summed E-state index contributed by atoms with van der Waals surface area (Å²) < 4.78 is 16.3. The van der Waals surface area contributed by atoms with Crippen LogP contribution >= 0.6 is 0 Å². The highest BCUT2D eigenvalue weighted by Gasteiger charge is 2.19. The first-order valence-corrected chi connectivity index (χ1v) is 9.11. The molecule has 1 atom stereocenters. The van der Waals surface area contributed by atoms with E-state index >= 15 is 0 Å². The summed E-state index contributed by atoms with van der Waals surface area (Å²) in [5.41, 5.74) is 1.68. The van der Waals surface area contributed by atoms with Crippen LogP contribution in [0.5, 0.6) is 17.2 Å². The molecular formula is C22H26N2O4. The standard InChI is InChI=1S/C22H26N2O4/c1-16(28-19-10-7-18(15-23)8-11-19)22(25)24(2)13-5-6-17-9-12-20(26-3)21(14-17)27-4/h7-12,14,16H,5-6,13H2,1-4H3. The molecule has 0 spiro atoms. The molecular weight excluding hydrogens is 356 g/mol. The molecule has 28 heavy (non-hydrogen) atoms. The topological polar surface area (TPSA) is 71.8 Å². The molecule has 6 heteroatoms. The summed E-state index contributed by atoms with van der Waals surface area (Å²) in [6.45, 7) is 2.35. The average molecular weight is 382 g/mol. The molecule has 0 aliphatic heterocycles. The van der Waals surface area contributed by atoms with Crippen molar-refractivity contribution >= 4 is 5.91 Å². The highest BCUT2D eigenvalue weighted by Crippen LogP contribution is 2.28. The second kappa shape index (κ2) is 10.2. The molecule has 148 valence electrons. The van der Waals surface area contributed by atoms with Gasteiger partial charge in [-0.1, -0.05) is 6.07 Å². The van der Waals surface area contributed by atoms with E-state index in [-0.39, 0.29) is 5.91 Å². The van der Waals surface area contributed by atoms with Gasteiger partial charge in [0, 0.05) is 13.6 Å². The Labute approximate surface area is 166 Å². The molecule has 0 bridgehead atoms. The lowest BCUT2D eigenvalue weighted by Gasteiger charge is -2.22. The van der Waals surface area contributed by atoms with Crippen LogP contribution in [0.15, 0.2) is 42.5 Å². The Hall–Kier alpha value is -3.20. The Morgan fingerprint density at radius 1 is 1.11 bits per heavy atom. The minimum absolute atomic E-state index is 0.0864. The molecule has 0 heterocycles. The lowest BCUT2D eigenvalue weighted by atomic mass is 10.1. The smallest absolute Gasteiger partial charge is 0.263 e. The Kier molecular flexibility index (Phi) is 7.70. The summed E-state index contributed by atoms with van der Waals surface area (Å²) in [6, 6.07) is 14.6. The van der Waals surface area contributed by atoms with Gasteiger partial charge >= 0.3 is 0 Å². The third-order valence-electron chi connectivity index (χ3n) is 4.43. The number of carbonyl (C=O) groups is 1. The van der Waals surface area contributed by atoms with Gasteiger partial charge in [-0.05, 0) is 61.7 Å². The fraction of sp³-hybridized carbons (Fsp3) is 0.364. The molecule has 0 N–H and O–H groups in total. The van der Waals surface area contributed by atoms with E-state index in [9.17, 15) is 4.79 Å². The zero-order valence-electron chi connectivity index (χ0n) is 16.8. The van der Waals surface area contributed by atoms with Crippen molar-refractivity contribution in [1.82, 2.24) is 4.90 Å². The molecule has 0 aliphatic carbocycles. The zero-order valence-corrected chi connectivity index (χ0v) is 16.8. The van der Waals surface area contributed by atoms with Crippen LogP contribution in [0.1, 0.15) is 24.5 Å². The SMILES string of the molecule is COc1ccc(CCCN(C)C(=O)C(C)Oc2ccc(C#N)cc2)cc1OC. The highest BCUT2D eigenvalue weighted by molar-refractivity contribution is 5.80. The lowest BCUT2D eigenvalue weighted by molar-refractivity contribution is -0.136. The minimum Gasteiger partial charge on any atom is -0.493 e. The first kappa shape index (κ1) is 21.1. The Bertz CT molecular complexity index is 827. The second-order valence-electron chi connectivity index (χ2n) is 6.45. The summed E-state index contributed by atoms with van der Waals surface area (Å²) in [7, 11) is 5.00. The van der Waals surface area contributed by atoms with Crippen LogP contribution in [0.4, 0.5) is 0 Å². The maximum atomic E-state index is 12.5. The summed E-state index contributed by atoms with van der Waals surface area (Å²) in [6.07, 6.45) is 1.04. The summed E-state index contributed by atoms with van der Waals surface area (Å²) in [5, 5.41) is 8.83. The number of benzene rings is 2. The molecule has 6 nitrogen and oxygen atoms in total. The van der Waals surface area contributed by atoms with Gasteiger partial charge in [-0.15, -0.1) is 0 Å². The van der Waals surface area contributed by atoms with E-state index in [1.54, 1.807) is 57.4 Å². The number of nitrogens with zero attached hydrogens (tertiary/aromatic N) is 2. The van der Waals surface area contributed by atoms with Crippen LogP contribution in [-0.4, -0.2) is 44.7 Å². The molecule has 0 saturated carbocycles. The number of methoxy groups -OCH3 is 2. The number of amides is 1. The average Bonchev–Trinajstić information content (AvgIpc) is 2.73. The van der Waals surface area contributed by atoms with Gasteiger partial charge in [0.05, 0.1) is 25.9 Å². The number of hydrogen-bond acceptors (Lipinski definition) is 5. The number of likely N-dealkylation sites (N-methyl/N-ethyl adjacent to an activating group) is 1. The van der Waals surface area contributed by atoms with E-state index in [2.05, 4.69) is 6.07 Å². The van der Waals surface area contributed by atoms with Crippen molar-refractivity contribution in [3.63, 3.8) is 0 Å². The van der Waals surface area contributed by atoms with Crippen LogP contribution in [0.2, 0.25) is 0 Å². The van der Waals surface area contributed by atoms with Crippen molar-refractivity contribution in [2.75, 3.05) is 27.8 Å². The predicted octanol–water partition coefficient (Wildman–Crippen LogP) is 3.43. The molecule has 2 rings (SSSR count). The van der Waals surface area contributed by atoms with Crippen molar-refractivity contribution in [3.8, 4) is 23.3 Å². The Morgan fingerprint density at radius 2 is 1.79 bits per heavy atom. The van der Waals surface area contributed by atoms with Crippen molar-refractivity contribution < 1.29 is 19.0 Å². The van der Waals surface area contributed by atoms with Gasteiger partial charge in [0.1, 0.15) is 5.75 Å². The predicted molar refractivity (Wildman–Crippen MR) is 107 cm³/mol. The second-order valence-corrected chi connectivity index (χ2v) is 6.45. The van der Waals surface area contributed by atoms with Crippen molar-refractivity contribution in [1.29, 1.82) is 5.26 Å². The van der Waals surface area contributed by atoms with Crippen molar-refractivity contribution in [3.05, 3.63) is 53.6 Å². The van der Waals surface area contributed by atoms with Gasteiger partial charge in [0.25, 0.3) is 5.91 Å². The molecule has 1 amide bonds. The molecule has 0 saturated heterocycles. The van der Waals surface area contributed by atoms with Gasteiger partial charge in [-0.25, -0.2) is 0 Å². The zero-order chi connectivity index (χ0) is 20.5. The van der Waals surface area contributed by atoms with E-state index in [0.717, 1.165) is 18.4 Å². The summed E-state index contributed by atoms with van der Waals surface area (Å²) >= 11 is 0. The molecule has 0 fully saturated rings. The van der Waals surface area contributed by atoms with Crippen molar-refractivity contribution in [2.45, 2.75) is 25.9 Å². The Balaban J connectivity index is 1.83. The first-order chi connectivity index (χ1) is 13.5. The normalized spacial score (nSPS) is 11.2. The van der Waals surface area contributed by atoms with Crippen LogP contribution < -0.4 is 14.2 Å². The fourth-order valence-corrected chi connectivity index (χ4v) is 2.84. The van der Waals surface area contributed by atoms with E-state index in [1.807, 2.05) is 18.2 Å². The summed E-state index contributed by atoms with van der Waals surface area (Å²) in [5.74, 6) is 1.89.